The van der Waals surface area contributed by atoms with Crippen LogP contribution >= 0.6 is 0 Å². The van der Waals surface area contributed by atoms with E-state index >= 15 is 0 Å². The fourth-order valence-corrected chi connectivity index (χ4v) is 0.211. The van der Waals surface area contributed by atoms with Crippen molar-refractivity contribution in [3.63, 3.8) is 0 Å². The van der Waals surface area contributed by atoms with Crippen molar-refractivity contribution in [2.24, 2.45) is 0 Å². The van der Waals surface area contributed by atoms with Crippen LogP contribution in [0.2, 0.25) is 0 Å². The molecule has 0 bridgehead atoms. The molecular formula is C6H8O10. The number of carboxylic acid groups (broad SMARTS) is 4. The maximum atomic E-state index is 9.51. The molecule has 0 aliphatic rings. The fourth-order valence-electron chi connectivity index (χ4n) is 0.211. The molecule has 0 rings (SSSR count). The monoisotopic (exact) mass is 240 g/mol. The number of rotatable bonds is 4. The van der Waals surface area contributed by atoms with Gasteiger partial charge < -0.3 is 30.6 Å². The van der Waals surface area contributed by atoms with E-state index in [9.17, 15) is 19.2 Å². The molecule has 0 aliphatic heterocycles. The molecule has 0 atom stereocenters. The highest BCUT2D eigenvalue weighted by atomic mass is 16.4. The summed E-state index contributed by atoms with van der Waals surface area (Å²) in [5.74, 6) is -7.01. The molecule has 0 saturated heterocycles. The molecule has 0 heterocycles. The zero-order valence-electron chi connectivity index (χ0n) is 7.47. The predicted molar refractivity (Wildman–Crippen MR) is 42.6 cm³/mol. The number of carboxylic acids is 4. The molecule has 0 aromatic heterocycles. The highest BCUT2D eigenvalue weighted by Gasteiger charge is 2.21. The van der Waals surface area contributed by atoms with Gasteiger partial charge in [0.2, 0.25) is 12.2 Å². The van der Waals surface area contributed by atoms with Gasteiger partial charge in [0, 0.05) is 0 Å². The molecule has 0 amide bonds. The Bertz CT molecular complexity index is 236. The zero-order valence-corrected chi connectivity index (χ0v) is 7.47. The minimum atomic E-state index is -2.30. The van der Waals surface area contributed by atoms with Crippen LogP contribution in [0.25, 0.3) is 0 Å². The first-order valence-electron chi connectivity index (χ1n) is 3.38. The normalized spacial score (nSPS) is 9.25. The smallest absolute Gasteiger partial charge is 0.344 e. The van der Waals surface area contributed by atoms with Crippen LogP contribution in [0.4, 0.5) is 0 Å². The van der Waals surface area contributed by atoms with E-state index in [1.807, 2.05) is 0 Å². The molecule has 10 heteroatoms. The van der Waals surface area contributed by atoms with Gasteiger partial charge in [0.05, 0.1) is 0 Å². The molecule has 0 aliphatic carbocycles. The van der Waals surface area contributed by atoms with E-state index in [4.69, 9.17) is 30.6 Å². The second-order valence-electron chi connectivity index (χ2n) is 2.16. The van der Waals surface area contributed by atoms with Crippen molar-refractivity contribution in [1.82, 2.24) is 0 Å². The van der Waals surface area contributed by atoms with Crippen LogP contribution in [0.5, 0.6) is 0 Å². The summed E-state index contributed by atoms with van der Waals surface area (Å²) in [4.78, 5) is 38.0. The summed E-state index contributed by atoms with van der Waals surface area (Å²) >= 11 is 0. The Morgan fingerprint density at radius 1 is 0.562 bits per heavy atom. The molecule has 0 radical (unpaired) electrons. The summed E-state index contributed by atoms with van der Waals surface area (Å²) in [5, 5.41) is 46.9. The zero-order chi connectivity index (χ0) is 13.5. The molecular weight excluding hydrogens is 232 g/mol. The Hall–Kier alpha value is -2.20. The van der Waals surface area contributed by atoms with Gasteiger partial charge in [-0.2, -0.15) is 0 Å². The van der Waals surface area contributed by atoms with E-state index in [1.165, 1.54) is 0 Å². The van der Waals surface area contributed by atoms with Crippen LogP contribution in [0, 0.1) is 0 Å². The largest absolute Gasteiger partial charge is 0.479 e. The quantitative estimate of drug-likeness (QED) is 0.276. The predicted octanol–water partition coefficient (Wildman–Crippen LogP) is -2.97. The van der Waals surface area contributed by atoms with Crippen LogP contribution in [0.15, 0.2) is 0 Å². The second-order valence-corrected chi connectivity index (χ2v) is 2.16. The summed E-state index contributed by atoms with van der Waals surface area (Å²) in [6, 6.07) is 0. The van der Waals surface area contributed by atoms with Gasteiger partial charge in [-0.05, 0) is 0 Å². The second kappa shape index (κ2) is 7.14. The van der Waals surface area contributed by atoms with Gasteiger partial charge in [0.25, 0.3) is 0 Å². The van der Waals surface area contributed by atoms with Crippen molar-refractivity contribution in [3.05, 3.63) is 0 Å². The highest BCUT2D eigenvalue weighted by Crippen LogP contribution is 1.80. The lowest BCUT2D eigenvalue weighted by atomic mass is 10.4. The van der Waals surface area contributed by atoms with Gasteiger partial charge in [-0.1, -0.05) is 0 Å². The molecule has 0 fully saturated rings. The van der Waals surface area contributed by atoms with Crippen molar-refractivity contribution in [1.29, 1.82) is 0 Å². The lowest BCUT2D eigenvalue weighted by Gasteiger charge is -1.93. The average molecular weight is 240 g/mol. The molecule has 10 nitrogen and oxygen atoms in total. The van der Waals surface area contributed by atoms with E-state index in [1.54, 1.807) is 0 Å². The van der Waals surface area contributed by atoms with E-state index in [2.05, 4.69) is 0 Å². The molecule has 92 valence electrons. The number of aliphatic carboxylic acids is 4. The Labute approximate surface area is 87.0 Å². The summed E-state index contributed by atoms with van der Waals surface area (Å²) in [6.45, 7) is 0. The van der Waals surface area contributed by atoms with Crippen molar-refractivity contribution in [2.45, 2.75) is 12.2 Å². The Morgan fingerprint density at radius 2 is 0.688 bits per heavy atom. The molecule has 0 saturated carbocycles. The topological polar surface area (TPSA) is 190 Å². The summed E-state index contributed by atoms with van der Waals surface area (Å²) in [7, 11) is 0. The SMILES string of the molecule is O=C(O)C(O)C(=O)O.O=C(O)C(O)C(=O)O. The van der Waals surface area contributed by atoms with E-state index < -0.39 is 36.1 Å². The van der Waals surface area contributed by atoms with Gasteiger partial charge in [-0.15, -0.1) is 0 Å². The van der Waals surface area contributed by atoms with Gasteiger partial charge in [0.15, 0.2) is 0 Å². The van der Waals surface area contributed by atoms with Gasteiger partial charge in [-0.3, -0.25) is 0 Å². The third-order valence-corrected chi connectivity index (χ3v) is 0.936. The average Bonchev–Trinajstić information content (AvgIpc) is 2.15. The van der Waals surface area contributed by atoms with Crippen LogP contribution in [0.3, 0.4) is 0 Å². The summed E-state index contributed by atoms with van der Waals surface area (Å²) < 4.78 is 0. The number of hydrogen-bond acceptors (Lipinski definition) is 6. The Balaban J connectivity index is 0. The third kappa shape index (κ3) is 7.23. The van der Waals surface area contributed by atoms with Gasteiger partial charge >= 0.3 is 23.9 Å². The number of aliphatic hydroxyl groups excluding tert-OH is 2. The van der Waals surface area contributed by atoms with Crippen LogP contribution in [0.1, 0.15) is 0 Å². The van der Waals surface area contributed by atoms with Crippen molar-refractivity contribution < 1.29 is 49.8 Å². The minimum Gasteiger partial charge on any atom is -0.479 e. The van der Waals surface area contributed by atoms with E-state index in [0.717, 1.165) is 0 Å². The van der Waals surface area contributed by atoms with Crippen molar-refractivity contribution in [3.8, 4) is 0 Å². The molecule has 0 aromatic rings. The van der Waals surface area contributed by atoms with E-state index in [-0.39, 0.29) is 0 Å². The first kappa shape index (κ1) is 16.2. The Kier molecular flexibility index (Phi) is 7.25. The Morgan fingerprint density at radius 3 is 0.688 bits per heavy atom. The maximum absolute atomic E-state index is 9.51. The van der Waals surface area contributed by atoms with Crippen LogP contribution in [-0.4, -0.2) is 66.7 Å². The number of carbonyl (C=O) groups is 4. The molecule has 6 N–H and O–H groups in total. The molecule has 16 heavy (non-hydrogen) atoms. The lowest BCUT2D eigenvalue weighted by molar-refractivity contribution is -0.162. The summed E-state index contributed by atoms with van der Waals surface area (Å²) in [5.41, 5.74) is 0. The van der Waals surface area contributed by atoms with Gasteiger partial charge in [0.1, 0.15) is 0 Å². The van der Waals surface area contributed by atoms with E-state index in [0.29, 0.717) is 0 Å². The summed E-state index contributed by atoms with van der Waals surface area (Å²) in [6.07, 6.45) is -4.59. The number of hydrogen-bond donors (Lipinski definition) is 6. The molecule has 0 spiro atoms. The first-order valence-corrected chi connectivity index (χ1v) is 3.38. The third-order valence-electron chi connectivity index (χ3n) is 0.936. The standard InChI is InChI=1S/2C3H4O5/c2*4-1(2(5)6)3(7)8/h2*1,4H,(H,5,6)(H,7,8). The van der Waals surface area contributed by atoms with Crippen LogP contribution < -0.4 is 0 Å². The maximum Gasteiger partial charge on any atom is 0.344 e. The van der Waals surface area contributed by atoms with Crippen LogP contribution in [-0.2, 0) is 19.2 Å². The van der Waals surface area contributed by atoms with Crippen molar-refractivity contribution in [2.75, 3.05) is 0 Å². The lowest BCUT2D eigenvalue weighted by Crippen LogP contribution is -2.28. The molecule has 0 unspecified atom stereocenters. The van der Waals surface area contributed by atoms with Gasteiger partial charge in [-0.25, -0.2) is 19.2 Å². The van der Waals surface area contributed by atoms with Crippen molar-refractivity contribution >= 4 is 23.9 Å². The highest BCUT2D eigenvalue weighted by molar-refractivity contribution is 5.95. The number of aliphatic hydroxyl groups is 2. The first-order chi connectivity index (χ1) is 7.11. The fraction of sp³-hybridized carbons (Fsp3) is 0.333. The molecule has 0 aromatic carbocycles. The minimum absolute atomic E-state index is 1.75.